The van der Waals surface area contributed by atoms with E-state index in [1.54, 1.807) is 6.92 Å². The minimum absolute atomic E-state index is 0.444. The minimum atomic E-state index is -0.444. The van der Waals surface area contributed by atoms with Gasteiger partial charge in [-0.05, 0) is 19.8 Å². The van der Waals surface area contributed by atoms with Crippen molar-refractivity contribution in [2.24, 2.45) is 5.73 Å². The first-order chi connectivity index (χ1) is 5.07. The van der Waals surface area contributed by atoms with Gasteiger partial charge in [-0.2, -0.15) is 0 Å². The van der Waals surface area contributed by atoms with E-state index in [1.165, 1.54) is 0 Å². The van der Waals surface area contributed by atoms with E-state index >= 15 is 0 Å². The largest absolute Gasteiger partial charge is 0.402 e. The van der Waals surface area contributed by atoms with Crippen LogP contribution in [0.15, 0.2) is 23.9 Å². The quantitative estimate of drug-likeness (QED) is 0.605. The first kappa shape index (κ1) is 10.2. The zero-order valence-corrected chi connectivity index (χ0v) is 7.30. The summed E-state index contributed by atoms with van der Waals surface area (Å²) in [4.78, 5) is 0. The van der Waals surface area contributed by atoms with Crippen molar-refractivity contribution in [3.8, 4) is 0 Å². The van der Waals surface area contributed by atoms with Gasteiger partial charge in [0.05, 0.1) is 6.10 Å². The van der Waals surface area contributed by atoms with E-state index in [0.29, 0.717) is 6.42 Å². The smallest absolute Gasteiger partial charge is 0.0779 e. The lowest BCUT2D eigenvalue weighted by Gasteiger charge is -2.06. The molecule has 64 valence electrons. The third kappa shape index (κ3) is 4.62. The van der Waals surface area contributed by atoms with E-state index in [4.69, 9.17) is 5.73 Å². The lowest BCUT2D eigenvalue weighted by molar-refractivity contribution is 0.214. The highest BCUT2D eigenvalue weighted by Gasteiger charge is 2.00. The van der Waals surface area contributed by atoms with Gasteiger partial charge in [0, 0.05) is 5.70 Å². The van der Waals surface area contributed by atoms with E-state index in [-0.39, 0.29) is 0 Å². The highest BCUT2D eigenvalue weighted by molar-refractivity contribution is 5.04. The zero-order chi connectivity index (χ0) is 8.85. The van der Waals surface area contributed by atoms with Gasteiger partial charge in [-0.15, -0.1) is 0 Å². The molecule has 0 spiro atoms. The molecule has 0 heterocycles. The van der Waals surface area contributed by atoms with Crippen molar-refractivity contribution in [3.05, 3.63) is 23.9 Å². The Kier molecular flexibility index (Phi) is 4.62. The predicted octanol–water partition coefficient (Wildman–Crippen LogP) is 1.57. The third-order valence-electron chi connectivity index (χ3n) is 1.58. The van der Waals surface area contributed by atoms with Crippen LogP contribution < -0.4 is 5.73 Å². The number of aliphatic hydroxyl groups excluding tert-OH is 1. The monoisotopic (exact) mass is 155 g/mol. The van der Waals surface area contributed by atoms with E-state index in [0.717, 1.165) is 17.7 Å². The molecule has 0 aliphatic carbocycles. The topological polar surface area (TPSA) is 46.2 Å². The van der Waals surface area contributed by atoms with Crippen LogP contribution in [0.4, 0.5) is 0 Å². The molecule has 3 N–H and O–H groups in total. The molecule has 0 unspecified atom stereocenters. The molecule has 2 nitrogen and oxygen atoms in total. The Labute approximate surface area is 68.4 Å². The van der Waals surface area contributed by atoms with Gasteiger partial charge in [0.2, 0.25) is 0 Å². The molecule has 0 aliphatic rings. The molecular formula is C9H17NO. The van der Waals surface area contributed by atoms with Crippen LogP contribution in [0.3, 0.4) is 0 Å². The van der Waals surface area contributed by atoms with Gasteiger partial charge >= 0.3 is 0 Å². The summed E-state index contributed by atoms with van der Waals surface area (Å²) in [5.74, 6) is 0. The average Bonchev–Trinajstić information content (AvgIpc) is 1.99. The predicted molar refractivity (Wildman–Crippen MR) is 48.0 cm³/mol. The van der Waals surface area contributed by atoms with E-state index in [1.807, 2.05) is 13.0 Å². The normalized spacial score (nSPS) is 14.6. The molecule has 11 heavy (non-hydrogen) atoms. The summed E-state index contributed by atoms with van der Waals surface area (Å²) in [6.45, 7) is 7.43. The average molecular weight is 155 g/mol. The lowest BCUT2D eigenvalue weighted by Crippen LogP contribution is -2.06. The highest BCUT2D eigenvalue weighted by atomic mass is 16.3. The van der Waals surface area contributed by atoms with Gasteiger partial charge in [-0.25, -0.2) is 0 Å². The van der Waals surface area contributed by atoms with Crippen LogP contribution in [0, 0.1) is 0 Å². The fourth-order valence-electron chi connectivity index (χ4n) is 0.609. The molecule has 0 amide bonds. The molecule has 0 rings (SSSR count). The van der Waals surface area contributed by atoms with Crippen LogP contribution in [-0.4, -0.2) is 11.2 Å². The van der Waals surface area contributed by atoms with Crippen molar-refractivity contribution >= 4 is 0 Å². The first-order valence-electron chi connectivity index (χ1n) is 3.85. The lowest BCUT2D eigenvalue weighted by atomic mass is 10.1. The van der Waals surface area contributed by atoms with Gasteiger partial charge in [-0.3, -0.25) is 0 Å². The van der Waals surface area contributed by atoms with E-state index in [2.05, 4.69) is 6.58 Å². The minimum Gasteiger partial charge on any atom is -0.402 e. The van der Waals surface area contributed by atoms with Crippen molar-refractivity contribution in [2.75, 3.05) is 0 Å². The standard InChI is InChI=1S/C9H17NO/c1-4-8(10)5-6-9(11)7(2)3/h5,9,11H,2,4,6,10H2,1,3H3/b8-5-/t9-/m0/s1. The maximum atomic E-state index is 9.27. The second kappa shape index (κ2) is 4.97. The maximum Gasteiger partial charge on any atom is 0.0779 e. The van der Waals surface area contributed by atoms with Gasteiger partial charge in [0.15, 0.2) is 0 Å². The molecule has 0 saturated heterocycles. The third-order valence-corrected chi connectivity index (χ3v) is 1.58. The van der Waals surface area contributed by atoms with Crippen molar-refractivity contribution in [3.63, 3.8) is 0 Å². The molecule has 0 aromatic rings. The molecule has 0 saturated carbocycles. The molecule has 0 aliphatic heterocycles. The molecule has 0 radical (unpaired) electrons. The Bertz CT molecular complexity index is 161. The second-order valence-corrected chi connectivity index (χ2v) is 2.73. The maximum absolute atomic E-state index is 9.27. The second-order valence-electron chi connectivity index (χ2n) is 2.73. The summed E-state index contributed by atoms with van der Waals surface area (Å²) >= 11 is 0. The summed E-state index contributed by atoms with van der Waals surface area (Å²) in [6, 6.07) is 0. The summed E-state index contributed by atoms with van der Waals surface area (Å²) < 4.78 is 0. The number of aliphatic hydroxyl groups is 1. The van der Waals surface area contributed by atoms with Crippen molar-refractivity contribution in [1.29, 1.82) is 0 Å². The van der Waals surface area contributed by atoms with Crippen LogP contribution in [0.2, 0.25) is 0 Å². The molecule has 0 fully saturated rings. The van der Waals surface area contributed by atoms with Gasteiger partial charge in [0.25, 0.3) is 0 Å². The Balaban J connectivity index is 3.78. The fraction of sp³-hybridized carbons (Fsp3) is 0.556. The van der Waals surface area contributed by atoms with Crippen LogP contribution in [-0.2, 0) is 0 Å². The van der Waals surface area contributed by atoms with Crippen molar-refractivity contribution in [1.82, 2.24) is 0 Å². The van der Waals surface area contributed by atoms with E-state index in [9.17, 15) is 5.11 Å². The first-order valence-corrected chi connectivity index (χ1v) is 3.85. The van der Waals surface area contributed by atoms with Gasteiger partial charge in [0.1, 0.15) is 0 Å². The molecule has 0 bridgehead atoms. The summed E-state index contributed by atoms with van der Waals surface area (Å²) in [6.07, 6.45) is 2.82. The van der Waals surface area contributed by atoms with E-state index < -0.39 is 6.10 Å². The Morgan fingerprint density at radius 3 is 2.64 bits per heavy atom. The number of rotatable bonds is 4. The summed E-state index contributed by atoms with van der Waals surface area (Å²) in [7, 11) is 0. The molecular weight excluding hydrogens is 138 g/mol. The van der Waals surface area contributed by atoms with Crippen LogP contribution in [0.25, 0.3) is 0 Å². The van der Waals surface area contributed by atoms with Gasteiger partial charge < -0.3 is 10.8 Å². The Morgan fingerprint density at radius 1 is 1.73 bits per heavy atom. The summed E-state index contributed by atoms with van der Waals surface area (Å²) in [5.41, 5.74) is 7.15. The number of hydrogen-bond acceptors (Lipinski definition) is 2. The van der Waals surface area contributed by atoms with Crippen molar-refractivity contribution in [2.45, 2.75) is 32.8 Å². The Morgan fingerprint density at radius 2 is 2.27 bits per heavy atom. The number of hydrogen-bond donors (Lipinski definition) is 2. The SMILES string of the molecule is C=C(C)[C@@H](O)C/C=C(\N)CC. The van der Waals surface area contributed by atoms with Crippen LogP contribution in [0.1, 0.15) is 26.7 Å². The van der Waals surface area contributed by atoms with Crippen molar-refractivity contribution < 1.29 is 5.11 Å². The Hall–Kier alpha value is -0.760. The summed E-state index contributed by atoms with van der Waals surface area (Å²) in [5, 5.41) is 9.27. The van der Waals surface area contributed by atoms with Crippen LogP contribution in [0.5, 0.6) is 0 Å². The fourth-order valence-corrected chi connectivity index (χ4v) is 0.609. The highest BCUT2D eigenvalue weighted by Crippen LogP contribution is 2.05. The van der Waals surface area contributed by atoms with Crippen LogP contribution >= 0.6 is 0 Å². The molecule has 2 heteroatoms. The number of allylic oxidation sites excluding steroid dienone is 1. The zero-order valence-electron chi connectivity index (χ0n) is 7.30. The molecule has 0 aromatic heterocycles. The number of nitrogens with two attached hydrogens (primary N) is 1. The molecule has 1 atom stereocenters. The molecule has 0 aromatic carbocycles. The van der Waals surface area contributed by atoms with Gasteiger partial charge in [-0.1, -0.05) is 25.2 Å².